The van der Waals surface area contributed by atoms with Gasteiger partial charge in [0.2, 0.25) is 10.0 Å². The lowest BCUT2D eigenvalue weighted by molar-refractivity contribution is -0.137. The summed E-state index contributed by atoms with van der Waals surface area (Å²) in [7, 11) is -3.75. The van der Waals surface area contributed by atoms with Gasteiger partial charge in [0.05, 0.1) is 23.1 Å². The van der Waals surface area contributed by atoms with E-state index in [-0.39, 0.29) is 18.2 Å². The molecule has 1 aromatic carbocycles. The van der Waals surface area contributed by atoms with Crippen LogP contribution in [0.1, 0.15) is 34.1 Å². The van der Waals surface area contributed by atoms with Crippen molar-refractivity contribution in [2.75, 3.05) is 6.54 Å². The molecule has 5 nitrogen and oxygen atoms in total. The molecule has 0 amide bonds. The third-order valence-electron chi connectivity index (χ3n) is 4.40. The van der Waals surface area contributed by atoms with Gasteiger partial charge in [-0.3, -0.25) is 4.68 Å². The normalized spacial score (nSPS) is 13.6. The van der Waals surface area contributed by atoms with Gasteiger partial charge in [-0.05, 0) is 60.0 Å². The second-order valence-corrected chi connectivity index (χ2v) is 9.33. The Labute approximate surface area is 171 Å². The van der Waals surface area contributed by atoms with Crippen molar-refractivity contribution >= 4 is 21.4 Å². The summed E-state index contributed by atoms with van der Waals surface area (Å²) in [6, 6.07) is 7.63. The van der Waals surface area contributed by atoms with Crippen LogP contribution in [0.5, 0.6) is 0 Å². The summed E-state index contributed by atoms with van der Waals surface area (Å²) in [6.07, 6.45) is -4.46. The molecule has 3 rings (SSSR count). The summed E-state index contributed by atoms with van der Waals surface area (Å²) in [5, 5.41) is 8.31. The van der Waals surface area contributed by atoms with Crippen LogP contribution in [-0.4, -0.2) is 24.7 Å². The molecule has 0 aliphatic carbocycles. The van der Waals surface area contributed by atoms with E-state index in [0.29, 0.717) is 0 Å². The van der Waals surface area contributed by atoms with Crippen LogP contribution in [0.25, 0.3) is 0 Å². The number of aromatic nitrogens is 2. The molecule has 0 saturated carbocycles. The minimum absolute atomic E-state index is 0.0850. The highest BCUT2D eigenvalue weighted by Gasteiger charge is 2.30. The standard InChI is InChI=1S/C19H20F3N3O2S2/c1-13-9-14(2)25(24-13)18(16-7-8-28-11-16)10-23-29(26,27)12-15-3-5-17(6-4-15)19(20,21)22/h3-9,11,18,23H,10,12H2,1-2H3/t18-/m0/s1. The molecule has 0 bridgehead atoms. The van der Waals surface area contributed by atoms with Gasteiger partial charge in [0.15, 0.2) is 0 Å². The van der Waals surface area contributed by atoms with E-state index in [1.165, 1.54) is 23.5 Å². The van der Waals surface area contributed by atoms with Gasteiger partial charge in [-0.1, -0.05) is 12.1 Å². The zero-order valence-electron chi connectivity index (χ0n) is 15.8. The minimum atomic E-state index is -4.46. The van der Waals surface area contributed by atoms with E-state index in [1.807, 2.05) is 36.7 Å². The van der Waals surface area contributed by atoms with Crippen LogP contribution in [0.2, 0.25) is 0 Å². The molecule has 1 N–H and O–H groups in total. The highest BCUT2D eigenvalue weighted by atomic mass is 32.2. The molecule has 2 aromatic heterocycles. The van der Waals surface area contributed by atoms with Crippen molar-refractivity contribution in [3.05, 3.63) is 75.2 Å². The third kappa shape index (κ3) is 5.46. The molecule has 0 aliphatic heterocycles. The summed E-state index contributed by atoms with van der Waals surface area (Å²) in [6.45, 7) is 3.85. The van der Waals surface area contributed by atoms with E-state index in [9.17, 15) is 21.6 Å². The van der Waals surface area contributed by atoms with Crippen molar-refractivity contribution in [3.63, 3.8) is 0 Å². The Balaban J connectivity index is 1.74. The monoisotopic (exact) mass is 443 g/mol. The van der Waals surface area contributed by atoms with Crippen LogP contribution < -0.4 is 4.72 Å². The van der Waals surface area contributed by atoms with Gasteiger partial charge in [0.1, 0.15) is 0 Å². The lowest BCUT2D eigenvalue weighted by Gasteiger charge is -2.19. The Kier molecular flexibility index (Phi) is 6.16. The van der Waals surface area contributed by atoms with Crippen molar-refractivity contribution in [1.29, 1.82) is 0 Å². The van der Waals surface area contributed by atoms with Gasteiger partial charge in [0, 0.05) is 12.2 Å². The molecule has 3 aromatic rings. The van der Waals surface area contributed by atoms with E-state index < -0.39 is 27.5 Å². The molecular formula is C19H20F3N3O2S2. The fourth-order valence-corrected chi connectivity index (χ4v) is 4.89. The predicted molar refractivity (Wildman–Crippen MR) is 106 cm³/mol. The van der Waals surface area contributed by atoms with Crippen molar-refractivity contribution < 1.29 is 21.6 Å². The Hall–Kier alpha value is -2.17. The van der Waals surface area contributed by atoms with Crippen molar-refractivity contribution in [1.82, 2.24) is 14.5 Å². The van der Waals surface area contributed by atoms with Crippen LogP contribution in [-0.2, 0) is 22.0 Å². The number of hydrogen-bond donors (Lipinski definition) is 1. The lowest BCUT2D eigenvalue weighted by atomic mass is 10.1. The quantitative estimate of drug-likeness (QED) is 0.593. The number of alkyl halides is 3. The summed E-state index contributed by atoms with van der Waals surface area (Å²) >= 11 is 1.50. The number of rotatable bonds is 7. The maximum absolute atomic E-state index is 12.7. The minimum Gasteiger partial charge on any atom is -0.261 e. The zero-order chi connectivity index (χ0) is 21.2. The molecular weight excluding hydrogens is 423 g/mol. The summed E-state index contributed by atoms with van der Waals surface area (Å²) in [5.41, 5.74) is 2.13. The predicted octanol–water partition coefficient (Wildman–Crippen LogP) is 4.29. The number of benzene rings is 1. The number of sulfonamides is 1. The van der Waals surface area contributed by atoms with E-state index in [0.717, 1.165) is 29.1 Å². The summed E-state index contributed by atoms with van der Waals surface area (Å²) < 4.78 is 67.4. The van der Waals surface area contributed by atoms with Crippen molar-refractivity contribution in [3.8, 4) is 0 Å². The van der Waals surface area contributed by atoms with Gasteiger partial charge in [0.25, 0.3) is 0 Å². The molecule has 156 valence electrons. The number of halogens is 3. The van der Waals surface area contributed by atoms with Gasteiger partial charge in [-0.2, -0.15) is 29.6 Å². The Morgan fingerprint density at radius 2 is 1.86 bits per heavy atom. The molecule has 0 aliphatic rings. The second kappa shape index (κ2) is 8.29. The maximum Gasteiger partial charge on any atom is 0.416 e. The first-order valence-corrected chi connectivity index (χ1v) is 11.3. The van der Waals surface area contributed by atoms with Gasteiger partial charge >= 0.3 is 6.18 Å². The molecule has 0 spiro atoms. The fraction of sp³-hybridized carbons (Fsp3) is 0.316. The van der Waals surface area contributed by atoms with Gasteiger partial charge in [-0.15, -0.1) is 0 Å². The van der Waals surface area contributed by atoms with Crippen LogP contribution in [0, 0.1) is 13.8 Å². The van der Waals surface area contributed by atoms with E-state index in [4.69, 9.17) is 0 Å². The molecule has 2 heterocycles. The average molecular weight is 444 g/mol. The highest BCUT2D eigenvalue weighted by molar-refractivity contribution is 7.88. The molecule has 0 saturated heterocycles. The first-order valence-electron chi connectivity index (χ1n) is 8.73. The molecule has 29 heavy (non-hydrogen) atoms. The summed E-state index contributed by atoms with van der Waals surface area (Å²) in [4.78, 5) is 0. The average Bonchev–Trinajstić information content (AvgIpc) is 3.25. The zero-order valence-corrected chi connectivity index (χ0v) is 17.4. The number of thiophene rings is 1. The molecule has 1 atom stereocenters. The molecule has 10 heteroatoms. The third-order valence-corrected chi connectivity index (χ3v) is 6.42. The number of aryl methyl sites for hydroxylation is 2. The van der Waals surface area contributed by atoms with Crippen LogP contribution in [0.3, 0.4) is 0 Å². The van der Waals surface area contributed by atoms with Crippen molar-refractivity contribution in [2.45, 2.75) is 31.8 Å². The molecule has 0 radical (unpaired) electrons. The van der Waals surface area contributed by atoms with Crippen LogP contribution >= 0.6 is 11.3 Å². The van der Waals surface area contributed by atoms with E-state index in [2.05, 4.69) is 9.82 Å². The largest absolute Gasteiger partial charge is 0.416 e. The van der Waals surface area contributed by atoms with Gasteiger partial charge in [-0.25, -0.2) is 13.1 Å². The SMILES string of the molecule is Cc1cc(C)n([C@@H](CNS(=O)(=O)Cc2ccc(C(F)(F)F)cc2)c2ccsc2)n1. The second-order valence-electron chi connectivity index (χ2n) is 6.75. The van der Waals surface area contributed by atoms with Gasteiger partial charge < -0.3 is 0 Å². The maximum atomic E-state index is 12.7. The topological polar surface area (TPSA) is 64.0 Å². The first-order chi connectivity index (χ1) is 13.5. The fourth-order valence-electron chi connectivity index (χ4n) is 3.04. The van der Waals surface area contributed by atoms with Crippen LogP contribution in [0.15, 0.2) is 47.2 Å². The Morgan fingerprint density at radius 3 is 2.38 bits per heavy atom. The van der Waals surface area contributed by atoms with Crippen LogP contribution in [0.4, 0.5) is 13.2 Å². The Morgan fingerprint density at radius 1 is 1.17 bits per heavy atom. The molecule has 0 fully saturated rings. The number of nitrogens with one attached hydrogen (secondary N) is 1. The smallest absolute Gasteiger partial charge is 0.261 e. The molecule has 0 unspecified atom stereocenters. The van der Waals surface area contributed by atoms with Crippen molar-refractivity contribution in [2.24, 2.45) is 0 Å². The van der Waals surface area contributed by atoms with E-state index >= 15 is 0 Å². The van der Waals surface area contributed by atoms with E-state index in [1.54, 1.807) is 4.68 Å². The highest BCUT2D eigenvalue weighted by Crippen LogP contribution is 2.29. The summed E-state index contributed by atoms with van der Waals surface area (Å²) in [5.74, 6) is -0.404. The number of nitrogens with zero attached hydrogens (tertiary/aromatic N) is 2. The Bertz CT molecular complexity index is 1060. The lowest BCUT2D eigenvalue weighted by Crippen LogP contribution is -2.32. The number of hydrogen-bond acceptors (Lipinski definition) is 4. The first kappa shape index (κ1) is 21.5.